The molecule has 1 atom stereocenters. The largest absolute Gasteiger partial charge is 0.358 e. The van der Waals surface area contributed by atoms with E-state index in [0.29, 0.717) is 11.3 Å². The number of para-hydroxylation sites is 1. The highest BCUT2D eigenvalue weighted by Gasteiger charge is 2.33. The molecular weight excluding hydrogens is 402 g/mol. The Bertz CT molecular complexity index is 1280. The van der Waals surface area contributed by atoms with Crippen molar-refractivity contribution in [2.45, 2.75) is 53.4 Å². The summed E-state index contributed by atoms with van der Waals surface area (Å²) < 4.78 is 0. The lowest BCUT2D eigenvalue weighted by Crippen LogP contribution is -2.28. The second-order valence-corrected chi connectivity index (χ2v) is 10.4. The minimum absolute atomic E-state index is 0.347. The maximum absolute atomic E-state index is 4.58. The molecule has 31 heavy (non-hydrogen) atoms. The number of rotatable bonds is 5. The third kappa shape index (κ3) is 3.53. The summed E-state index contributed by atoms with van der Waals surface area (Å²) in [4.78, 5) is 15.1. The van der Waals surface area contributed by atoms with Gasteiger partial charge in [-0.1, -0.05) is 45.4 Å². The molecule has 1 aromatic carbocycles. The molecule has 0 fully saturated rings. The minimum Gasteiger partial charge on any atom is -0.358 e. The van der Waals surface area contributed by atoms with Crippen LogP contribution in [0.1, 0.15) is 55.3 Å². The molecule has 2 N–H and O–H groups in total. The number of benzene rings is 1. The fourth-order valence-corrected chi connectivity index (χ4v) is 5.95. The molecule has 0 saturated carbocycles. The summed E-state index contributed by atoms with van der Waals surface area (Å²) in [6, 6.07) is 8.31. The number of nitrogens with zero attached hydrogens (tertiary/aromatic N) is 3. The molecule has 0 radical (unpaired) electrons. The van der Waals surface area contributed by atoms with Crippen LogP contribution in [-0.4, -0.2) is 21.2 Å². The maximum atomic E-state index is 4.58. The number of hydrazone groups is 1. The standard InChI is InChI=1S/C25H29N5S/c1-5-25(3,4)16-10-11-21-18(12-16)22-23(26-14-27-24(22)31-21)30-28-13-19-15(2)29-20-9-7-6-8-17(19)20/h6-9,13-14,16,29H,5,10-12H2,1-4H3,(H,26,27,30)/b28-13-/t16-/m1/s1. The van der Waals surface area contributed by atoms with E-state index in [-0.39, 0.29) is 0 Å². The molecule has 0 unspecified atom stereocenters. The number of aryl methyl sites for hydroxylation is 2. The fraction of sp³-hybridized carbons (Fsp3) is 0.400. The average molecular weight is 432 g/mol. The Balaban J connectivity index is 1.48. The second-order valence-electron chi connectivity index (χ2n) is 9.27. The highest BCUT2D eigenvalue weighted by atomic mass is 32.1. The predicted molar refractivity (Wildman–Crippen MR) is 131 cm³/mol. The Morgan fingerprint density at radius 2 is 2.13 bits per heavy atom. The molecule has 1 aliphatic carbocycles. The van der Waals surface area contributed by atoms with Gasteiger partial charge in [-0.3, -0.25) is 5.43 Å². The van der Waals surface area contributed by atoms with Crippen molar-refractivity contribution >= 4 is 44.5 Å². The number of thiophene rings is 1. The molecule has 6 heteroatoms. The van der Waals surface area contributed by atoms with Gasteiger partial charge in [-0.2, -0.15) is 5.10 Å². The van der Waals surface area contributed by atoms with Crippen LogP contribution in [0.5, 0.6) is 0 Å². The summed E-state index contributed by atoms with van der Waals surface area (Å²) in [7, 11) is 0. The summed E-state index contributed by atoms with van der Waals surface area (Å²) in [5.74, 6) is 1.50. The van der Waals surface area contributed by atoms with Crippen molar-refractivity contribution in [1.82, 2.24) is 15.0 Å². The monoisotopic (exact) mass is 431 g/mol. The Labute approximate surface area is 187 Å². The van der Waals surface area contributed by atoms with Crippen molar-refractivity contribution in [2.24, 2.45) is 16.4 Å². The summed E-state index contributed by atoms with van der Waals surface area (Å²) >= 11 is 1.82. The zero-order valence-electron chi connectivity index (χ0n) is 18.6. The average Bonchev–Trinajstić information content (AvgIpc) is 3.31. The second kappa shape index (κ2) is 7.75. The van der Waals surface area contributed by atoms with Crippen LogP contribution in [0.4, 0.5) is 5.82 Å². The molecule has 5 nitrogen and oxygen atoms in total. The molecule has 0 bridgehead atoms. The van der Waals surface area contributed by atoms with Gasteiger partial charge in [0.1, 0.15) is 11.2 Å². The number of anilines is 1. The Morgan fingerprint density at radius 3 is 2.97 bits per heavy atom. The zero-order valence-corrected chi connectivity index (χ0v) is 19.4. The molecule has 0 amide bonds. The van der Waals surface area contributed by atoms with Gasteiger partial charge in [-0.05, 0) is 49.1 Å². The lowest BCUT2D eigenvalue weighted by molar-refractivity contribution is 0.184. The summed E-state index contributed by atoms with van der Waals surface area (Å²) in [6.07, 6.45) is 8.24. The number of hydrogen-bond acceptors (Lipinski definition) is 5. The highest BCUT2D eigenvalue weighted by molar-refractivity contribution is 7.19. The molecule has 160 valence electrons. The first-order valence-corrected chi connectivity index (χ1v) is 11.9. The SMILES string of the molecule is CCC(C)(C)[C@@H]1CCc2sc3ncnc(N/N=C\c4c(C)[nH]c5ccccc45)c3c2C1. The normalized spacial score (nSPS) is 17.0. The van der Waals surface area contributed by atoms with Crippen molar-refractivity contribution in [1.29, 1.82) is 0 Å². The number of aromatic nitrogens is 3. The van der Waals surface area contributed by atoms with Crippen molar-refractivity contribution in [3.05, 3.63) is 52.3 Å². The van der Waals surface area contributed by atoms with Gasteiger partial charge in [0.15, 0.2) is 5.82 Å². The Hall–Kier alpha value is -2.73. The molecular formula is C25H29N5S. The van der Waals surface area contributed by atoms with Crippen LogP contribution in [0.15, 0.2) is 35.7 Å². The molecule has 0 aliphatic heterocycles. The van der Waals surface area contributed by atoms with E-state index in [1.807, 2.05) is 23.6 Å². The van der Waals surface area contributed by atoms with Crippen LogP contribution < -0.4 is 5.43 Å². The first-order chi connectivity index (χ1) is 15.0. The van der Waals surface area contributed by atoms with Crippen molar-refractivity contribution in [3.8, 4) is 0 Å². The Kier molecular flexibility index (Phi) is 5.05. The van der Waals surface area contributed by atoms with E-state index in [1.54, 1.807) is 6.33 Å². The van der Waals surface area contributed by atoms with E-state index in [4.69, 9.17) is 0 Å². The smallest absolute Gasteiger partial charge is 0.158 e. The molecule has 5 rings (SSSR count). The minimum atomic E-state index is 0.347. The van der Waals surface area contributed by atoms with Gasteiger partial charge < -0.3 is 4.98 Å². The van der Waals surface area contributed by atoms with Crippen LogP contribution >= 0.6 is 11.3 Å². The summed E-state index contributed by atoms with van der Waals surface area (Å²) in [5, 5.41) is 6.91. The van der Waals surface area contributed by atoms with Gasteiger partial charge >= 0.3 is 0 Å². The third-order valence-electron chi connectivity index (χ3n) is 7.17. The quantitative estimate of drug-likeness (QED) is 0.281. The van der Waals surface area contributed by atoms with E-state index in [2.05, 4.69) is 71.4 Å². The van der Waals surface area contributed by atoms with Gasteiger partial charge in [0.2, 0.25) is 0 Å². The van der Waals surface area contributed by atoms with Gasteiger partial charge in [0.25, 0.3) is 0 Å². The van der Waals surface area contributed by atoms with Crippen molar-refractivity contribution in [3.63, 3.8) is 0 Å². The molecule has 4 aromatic rings. The van der Waals surface area contributed by atoms with E-state index >= 15 is 0 Å². The van der Waals surface area contributed by atoms with Crippen LogP contribution in [0.3, 0.4) is 0 Å². The van der Waals surface area contributed by atoms with E-state index in [1.165, 1.54) is 28.7 Å². The van der Waals surface area contributed by atoms with Crippen molar-refractivity contribution in [2.75, 3.05) is 5.43 Å². The number of hydrogen-bond donors (Lipinski definition) is 2. The van der Waals surface area contributed by atoms with Crippen LogP contribution in [0.25, 0.3) is 21.1 Å². The van der Waals surface area contributed by atoms with Gasteiger partial charge in [-0.15, -0.1) is 11.3 Å². The molecule has 1 aliphatic rings. The van der Waals surface area contributed by atoms with E-state index in [0.717, 1.165) is 45.7 Å². The van der Waals surface area contributed by atoms with E-state index < -0.39 is 0 Å². The zero-order chi connectivity index (χ0) is 21.6. The first kappa shape index (κ1) is 20.2. The molecule has 0 saturated heterocycles. The number of fused-ring (bicyclic) bond motifs is 4. The Morgan fingerprint density at radius 1 is 1.29 bits per heavy atom. The van der Waals surface area contributed by atoms with Gasteiger partial charge in [0.05, 0.1) is 11.6 Å². The lowest BCUT2D eigenvalue weighted by atomic mass is 9.69. The predicted octanol–water partition coefficient (Wildman–Crippen LogP) is 6.47. The van der Waals surface area contributed by atoms with Crippen LogP contribution in [0, 0.1) is 18.3 Å². The topological polar surface area (TPSA) is 66.0 Å². The summed E-state index contributed by atoms with van der Waals surface area (Å²) in [5.41, 5.74) is 8.35. The number of nitrogens with one attached hydrogen (secondary N) is 2. The first-order valence-electron chi connectivity index (χ1n) is 11.1. The molecule has 0 spiro atoms. The van der Waals surface area contributed by atoms with E-state index in [9.17, 15) is 0 Å². The van der Waals surface area contributed by atoms with Crippen LogP contribution in [-0.2, 0) is 12.8 Å². The highest BCUT2D eigenvalue weighted by Crippen LogP contribution is 2.45. The molecule has 3 aromatic heterocycles. The third-order valence-corrected chi connectivity index (χ3v) is 8.36. The number of aromatic amines is 1. The molecule has 3 heterocycles. The van der Waals surface area contributed by atoms with Crippen molar-refractivity contribution < 1.29 is 0 Å². The fourth-order valence-electron chi connectivity index (χ4n) is 4.77. The van der Waals surface area contributed by atoms with Gasteiger partial charge in [0, 0.05) is 27.0 Å². The lowest BCUT2D eigenvalue weighted by Gasteiger charge is -2.36. The van der Waals surface area contributed by atoms with Crippen LogP contribution in [0.2, 0.25) is 0 Å². The maximum Gasteiger partial charge on any atom is 0.158 e. The van der Waals surface area contributed by atoms with Gasteiger partial charge in [-0.25, -0.2) is 9.97 Å². The summed E-state index contributed by atoms with van der Waals surface area (Å²) in [6.45, 7) is 9.19. The number of H-pyrrole nitrogens is 1.